The lowest BCUT2D eigenvalue weighted by atomic mass is 10.0. The highest BCUT2D eigenvalue weighted by atomic mass is 16.6. The Morgan fingerprint density at radius 2 is 1.84 bits per heavy atom. The normalized spacial score (nSPS) is 11.9. The summed E-state index contributed by atoms with van der Waals surface area (Å²) >= 11 is 0. The van der Waals surface area contributed by atoms with Crippen LogP contribution in [0.3, 0.4) is 0 Å². The maximum absolute atomic E-state index is 12.1. The summed E-state index contributed by atoms with van der Waals surface area (Å²) in [4.78, 5) is 16.7. The van der Waals surface area contributed by atoms with Crippen molar-refractivity contribution in [1.82, 2.24) is 4.98 Å². The predicted octanol–water partition coefficient (Wildman–Crippen LogP) is 5.09. The van der Waals surface area contributed by atoms with Crippen molar-refractivity contribution in [3.05, 3.63) is 71.1 Å². The standard InChI is InChI=1S/C26H31NO5/c1-5-29-24(26(28)30-6-2)17-21-12-13-22(16-18(21)3)31-15-14-23-19(4)32-25(27-23)20-10-8-7-9-11-20/h7-13,16,24H,5-6,14-15,17H2,1-4H3. The van der Waals surface area contributed by atoms with Crippen LogP contribution in [0.2, 0.25) is 0 Å². The number of carbonyl (C=O) groups excluding carboxylic acids is 1. The topological polar surface area (TPSA) is 70.8 Å². The van der Waals surface area contributed by atoms with Crippen molar-refractivity contribution >= 4 is 5.97 Å². The number of hydrogen-bond donors (Lipinski definition) is 0. The van der Waals surface area contributed by atoms with Crippen molar-refractivity contribution in [2.75, 3.05) is 19.8 Å². The molecular formula is C26H31NO5. The first-order chi connectivity index (χ1) is 15.5. The van der Waals surface area contributed by atoms with Crippen molar-refractivity contribution in [1.29, 1.82) is 0 Å². The number of rotatable bonds is 11. The quantitative estimate of drug-likeness (QED) is 0.389. The molecule has 0 aliphatic rings. The highest BCUT2D eigenvalue weighted by Gasteiger charge is 2.21. The van der Waals surface area contributed by atoms with E-state index in [-0.39, 0.29) is 5.97 Å². The monoisotopic (exact) mass is 437 g/mol. The third-order valence-corrected chi connectivity index (χ3v) is 5.16. The Balaban J connectivity index is 1.58. The van der Waals surface area contributed by atoms with Crippen molar-refractivity contribution in [2.24, 2.45) is 0 Å². The van der Waals surface area contributed by atoms with E-state index in [1.54, 1.807) is 6.92 Å². The van der Waals surface area contributed by atoms with Gasteiger partial charge in [-0.05, 0) is 63.1 Å². The number of hydrogen-bond acceptors (Lipinski definition) is 6. The van der Waals surface area contributed by atoms with Crippen LogP contribution in [0.1, 0.15) is 36.4 Å². The minimum absolute atomic E-state index is 0.327. The van der Waals surface area contributed by atoms with Gasteiger partial charge in [0.15, 0.2) is 6.10 Å². The molecular weight excluding hydrogens is 406 g/mol. The molecule has 0 amide bonds. The molecule has 1 unspecified atom stereocenters. The zero-order chi connectivity index (χ0) is 22.9. The van der Waals surface area contributed by atoms with Gasteiger partial charge in [0.1, 0.15) is 11.5 Å². The summed E-state index contributed by atoms with van der Waals surface area (Å²) in [6, 6.07) is 15.7. The van der Waals surface area contributed by atoms with Crippen LogP contribution in [0.25, 0.3) is 11.5 Å². The van der Waals surface area contributed by atoms with E-state index in [0.29, 0.717) is 38.6 Å². The van der Waals surface area contributed by atoms with Crippen molar-refractivity contribution < 1.29 is 23.4 Å². The summed E-state index contributed by atoms with van der Waals surface area (Å²) in [5, 5.41) is 0. The molecule has 0 fully saturated rings. The molecule has 0 N–H and O–H groups in total. The molecule has 1 heterocycles. The minimum Gasteiger partial charge on any atom is -0.493 e. The lowest BCUT2D eigenvalue weighted by Gasteiger charge is -2.17. The van der Waals surface area contributed by atoms with Crippen LogP contribution in [0, 0.1) is 13.8 Å². The van der Waals surface area contributed by atoms with Gasteiger partial charge in [-0.15, -0.1) is 0 Å². The van der Waals surface area contributed by atoms with Gasteiger partial charge in [0.05, 0.1) is 18.9 Å². The summed E-state index contributed by atoms with van der Waals surface area (Å²) in [6.07, 6.45) is 0.525. The average molecular weight is 438 g/mol. The molecule has 6 nitrogen and oxygen atoms in total. The number of oxazole rings is 1. The fraction of sp³-hybridized carbons (Fsp3) is 0.385. The minimum atomic E-state index is -0.598. The molecule has 0 radical (unpaired) electrons. The molecule has 0 aliphatic carbocycles. The van der Waals surface area contributed by atoms with Gasteiger partial charge in [-0.2, -0.15) is 0 Å². The lowest BCUT2D eigenvalue weighted by Crippen LogP contribution is -2.29. The molecule has 6 heteroatoms. The molecule has 1 atom stereocenters. The Morgan fingerprint density at radius 3 is 2.53 bits per heavy atom. The molecule has 3 rings (SSSR count). The van der Waals surface area contributed by atoms with E-state index in [0.717, 1.165) is 33.9 Å². The molecule has 3 aromatic rings. The highest BCUT2D eigenvalue weighted by Crippen LogP contribution is 2.23. The first-order valence-corrected chi connectivity index (χ1v) is 11.0. The fourth-order valence-corrected chi connectivity index (χ4v) is 3.46. The largest absolute Gasteiger partial charge is 0.493 e. The maximum Gasteiger partial charge on any atom is 0.335 e. The summed E-state index contributed by atoms with van der Waals surface area (Å²) in [5.74, 6) is 1.88. The van der Waals surface area contributed by atoms with Crippen LogP contribution in [0.5, 0.6) is 5.75 Å². The van der Waals surface area contributed by atoms with Gasteiger partial charge in [-0.1, -0.05) is 24.3 Å². The van der Waals surface area contributed by atoms with Gasteiger partial charge in [0.25, 0.3) is 0 Å². The molecule has 0 saturated heterocycles. The Labute approximate surface area is 189 Å². The number of carbonyl (C=O) groups is 1. The summed E-state index contributed by atoms with van der Waals surface area (Å²) in [7, 11) is 0. The Morgan fingerprint density at radius 1 is 1.06 bits per heavy atom. The number of ether oxygens (including phenoxy) is 3. The maximum atomic E-state index is 12.1. The smallest absolute Gasteiger partial charge is 0.335 e. The second-order valence-electron chi connectivity index (χ2n) is 7.47. The molecule has 0 saturated carbocycles. The first-order valence-electron chi connectivity index (χ1n) is 11.0. The summed E-state index contributed by atoms with van der Waals surface area (Å²) in [6.45, 7) is 8.88. The van der Waals surface area contributed by atoms with E-state index in [2.05, 4.69) is 4.98 Å². The van der Waals surface area contributed by atoms with Gasteiger partial charge in [-0.25, -0.2) is 9.78 Å². The second-order valence-corrected chi connectivity index (χ2v) is 7.47. The van der Waals surface area contributed by atoms with Gasteiger partial charge >= 0.3 is 5.97 Å². The summed E-state index contributed by atoms with van der Waals surface area (Å²) < 4.78 is 22.5. The Kier molecular flexibility index (Phi) is 8.45. The predicted molar refractivity (Wildman–Crippen MR) is 123 cm³/mol. The van der Waals surface area contributed by atoms with Gasteiger partial charge < -0.3 is 18.6 Å². The average Bonchev–Trinajstić information content (AvgIpc) is 3.16. The van der Waals surface area contributed by atoms with Crippen molar-refractivity contribution in [3.8, 4) is 17.2 Å². The van der Waals surface area contributed by atoms with Gasteiger partial charge in [0, 0.05) is 25.0 Å². The number of aryl methyl sites for hydroxylation is 2. The third-order valence-electron chi connectivity index (χ3n) is 5.16. The van der Waals surface area contributed by atoms with Crippen molar-refractivity contribution in [3.63, 3.8) is 0 Å². The molecule has 0 bridgehead atoms. The first kappa shape index (κ1) is 23.5. The number of benzene rings is 2. The van der Waals surface area contributed by atoms with E-state index in [1.807, 2.05) is 69.3 Å². The summed E-state index contributed by atoms with van der Waals surface area (Å²) in [5.41, 5.74) is 3.93. The number of esters is 1. The molecule has 32 heavy (non-hydrogen) atoms. The van der Waals surface area contributed by atoms with E-state index < -0.39 is 6.10 Å². The molecule has 0 spiro atoms. The molecule has 170 valence electrons. The lowest BCUT2D eigenvalue weighted by molar-refractivity contribution is -0.156. The van der Waals surface area contributed by atoms with Crippen molar-refractivity contribution in [2.45, 2.75) is 46.6 Å². The zero-order valence-electron chi connectivity index (χ0n) is 19.2. The van der Waals surface area contributed by atoms with Crippen LogP contribution in [0.4, 0.5) is 0 Å². The Bertz CT molecular complexity index is 1010. The van der Waals surface area contributed by atoms with Gasteiger partial charge in [0.2, 0.25) is 5.89 Å². The number of aromatic nitrogens is 1. The van der Waals surface area contributed by atoms with Crippen LogP contribution < -0.4 is 4.74 Å². The van der Waals surface area contributed by atoms with E-state index >= 15 is 0 Å². The van der Waals surface area contributed by atoms with Crippen LogP contribution in [-0.4, -0.2) is 36.9 Å². The molecule has 0 aliphatic heterocycles. The van der Waals surface area contributed by atoms with E-state index in [1.165, 1.54) is 0 Å². The highest BCUT2D eigenvalue weighted by molar-refractivity contribution is 5.75. The Hall–Kier alpha value is -3.12. The van der Waals surface area contributed by atoms with E-state index in [9.17, 15) is 4.79 Å². The second kappa shape index (κ2) is 11.5. The van der Waals surface area contributed by atoms with Gasteiger partial charge in [-0.3, -0.25) is 0 Å². The van der Waals surface area contributed by atoms with Crippen LogP contribution in [0.15, 0.2) is 52.9 Å². The fourth-order valence-electron chi connectivity index (χ4n) is 3.46. The van der Waals surface area contributed by atoms with Crippen LogP contribution in [-0.2, 0) is 27.1 Å². The number of nitrogens with zero attached hydrogens (tertiary/aromatic N) is 1. The molecule has 1 aromatic heterocycles. The van der Waals surface area contributed by atoms with Crippen LogP contribution >= 0.6 is 0 Å². The zero-order valence-corrected chi connectivity index (χ0v) is 19.2. The SMILES string of the molecule is CCOC(=O)C(Cc1ccc(OCCc2nc(-c3ccccc3)oc2C)cc1C)OCC. The third kappa shape index (κ3) is 6.20. The molecule has 2 aromatic carbocycles. The van der Waals surface area contributed by atoms with E-state index in [4.69, 9.17) is 18.6 Å².